The van der Waals surface area contributed by atoms with Gasteiger partial charge in [0.15, 0.2) is 6.10 Å². The minimum atomic E-state index is -0.943. The standard InChI is InChI=1S/C33H39Cl2N3O4/c1-20(42-28-14-13-23(34)18-26(28)35)30(40)37-27(17-21-11-9-8-10-12-21)31(41)38-36-19-22-15-24(32(2,3)4)29(39)25(16-22)33(5,6)7/h8-16,18-20,27,39H,17H2,1-7H3,(H,37,40)(H,38,41)/b36-19-/t20-,27+/m1/s1. The van der Waals surface area contributed by atoms with Crippen LogP contribution in [0.3, 0.4) is 0 Å². The number of hydrazone groups is 1. The van der Waals surface area contributed by atoms with Crippen molar-refractivity contribution in [3.63, 3.8) is 0 Å². The van der Waals surface area contributed by atoms with Crippen molar-refractivity contribution in [2.75, 3.05) is 0 Å². The molecular weight excluding hydrogens is 573 g/mol. The first-order valence-electron chi connectivity index (χ1n) is 13.7. The summed E-state index contributed by atoms with van der Waals surface area (Å²) in [6.45, 7) is 13.7. The molecule has 3 aromatic rings. The lowest BCUT2D eigenvalue weighted by Gasteiger charge is -2.27. The normalized spacial score (nSPS) is 13.5. The number of carbonyl (C=O) groups is 2. The first-order chi connectivity index (χ1) is 19.6. The van der Waals surface area contributed by atoms with E-state index in [0.717, 1.165) is 22.3 Å². The lowest BCUT2D eigenvalue weighted by Crippen LogP contribution is -2.50. The van der Waals surface area contributed by atoms with Crippen LogP contribution in [0.25, 0.3) is 0 Å². The zero-order valence-corrected chi connectivity index (χ0v) is 26.6. The summed E-state index contributed by atoms with van der Waals surface area (Å²) < 4.78 is 5.73. The molecule has 0 spiro atoms. The molecule has 0 aliphatic carbocycles. The third-order valence-electron chi connectivity index (χ3n) is 6.62. The molecule has 9 heteroatoms. The van der Waals surface area contributed by atoms with Crippen molar-refractivity contribution in [3.8, 4) is 11.5 Å². The predicted octanol–water partition coefficient (Wildman–Crippen LogP) is 6.94. The van der Waals surface area contributed by atoms with Crippen LogP contribution in [0.15, 0.2) is 65.8 Å². The SMILES string of the molecule is C[C@@H](Oc1ccc(Cl)cc1Cl)C(=O)N[C@@H](Cc1ccccc1)C(=O)N/N=C\c1cc(C(C)(C)C)c(O)c(C(C)(C)C)c1. The van der Waals surface area contributed by atoms with E-state index in [9.17, 15) is 14.7 Å². The number of ether oxygens (including phenoxy) is 1. The highest BCUT2D eigenvalue weighted by Gasteiger charge is 2.27. The second-order valence-electron chi connectivity index (χ2n) is 12.3. The fourth-order valence-corrected chi connectivity index (χ4v) is 4.74. The Bertz CT molecular complexity index is 1410. The number of phenols is 1. The minimum absolute atomic E-state index is 0.240. The van der Waals surface area contributed by atoms with E-state index in [-0.39, 0.29) is 28.0 Å². The number of amides is 2. The lowest BCUT2D eigenvalue weighted by molar-refractivity contribution is -0.132. The van der Waals surface area contributed by atoms with Crippen LogP contribution < -0.4 is 15.5 Å². The van der Waals surface area contributed by atoms with E-state index in [1.807, 2.05) is 84.0 Å². The summed E-state index contributed by atoms with van der Waals surface area (Å²) in [5.41, 5.74) is 5.11. The molecule has 0 fully saturated rings. The minimum Gasteiger partial charge on any atom is -0.507 e. The number of hydrogen-bond donors (Lipinski definition) is 3. The number of aromatic hydroxyl groups is 1. The van der Waals surface area contributed by atoms with Gasteiger partial charge in [-0.2, -0.15) is 5.10 Å². The number of carbonyl (C=O) groups excluding carboxylic acids is 2. The van der Waals surface area contributed by atoms with Gasteiger partial charge < -0.3 is 15.2 Å². The number of rotatable bonds is 9. The van der Waals surface area contributed by atoms with E-state index < -0.39 is 24.0 Å². The second kappa shape index (κ2) is 13.6. The average Bonchev–Trinajstić information content (AvgIpc) is 2.89. The molecular formula is C33H39Cl2N3O4. The molecule has 2 atom stereocenters. The Labute approximate surface area is 258 Å². The zero-order chi connectivity index (χ0) is 31.2. The summed E-state index contributed by atoms with van der Waals surface area (Å²) in [5.74, 6) is -0.427. The van der Waals surface area contributed by atoms with E-state index >= 15 is 0 Å². The van der Waals surface area contributed by atoms with Crippen LogP contribution in [0.5, 0.6) is 11.5 Å². The van der Waals surface area contributed by atoms with Gasteiger partial charge in [-0.05, 0) is 59.2 Å². The molecule has 0 aromatic heterocycles. The number of nitrogens with one attached hydrogen (secondary N) is 2. The van der Waals surface area contributed by atoms with Crippen molar-refractivity contribution in [2.45, 2.75) is 77.9 Å². The van der Waals surface area contributed by atoms with E-state index in [0.29, 0.717) is 10.8 Å². The van der Waals surface area contributed by atoms with E-state index in [1.165, 1.54) is 12.3 Å². The van der Waals surface area contributed by atoms with Crippen molar-refractivity contribution in [1.29, 1.82) is 0 Å². The van der Waals surface area contributed by atoms with E-state index in [1.54, 1.807) is 19.1 Å². The maximum atomic E-state index is 13.3. The van der Waals surface area contributed by atoms with Gasteiger partial charge in [-0.1, -0.05) is 95.1 Å². The third kappa shape index (κ3) is 8.97. The smallest absolute Gasteiger partial charge is 0.262 e. The fraction of sp³-hybridized carbons (Fsp3) is 0.364. The van der Waals surface area contributed by atoms with Gasteiger partial charge in [-0.25, -0.2) is 5.43 Å². The maximum Gasteiger partial charge on any atom is 0.262 e. The van der Waals surface area contributed by atoms with E-state index in [4.69, 9.17) is 27.9 Å². The Kier molecular flexibility index (Phi) is 10.7. The van der Waals surface area contributed by atoms with Crippen molar-refractivity contribution in [2.24, 2.45) is 5.10 Å². The van der Waals surface area contributed by atoms with Crippen LogP contribution in [0.1, 0.15) is 70.7 Å². The van der Waals surface area contributed by atoms with Crippen LogP contribution in [0.4, 0.5) is 0 Å². The van der Waals surface area contributed by atoms with Gasteiger partial charge in [-0.15, -0.1) is 0 Å². The zero-order valence-electron chi connectivity index (χ0n) is 25.1. The number of benzene rings is 3. The maximum absolute atomic E-state index is 13.3. The van der Waals surface area contributed by atoms with Gasteiger partial charge in [-0.3, -0.25) is 9.59 Å². The van der Waals surface area contributed by atoms with Crippen LogP contribution in [-0.2, 0) is 26.8 Å². The summed E-state index contributed by atoms with van der Waals surface area (Å²) in [6, 6.07) is 16.9. The monoisotopic (exact) mass is 611 g/mol. The Balaban J connectivity index is 1.80. The quantitative estimate of drug-likeness (QED) is 0.180. The van der Waals surface area contributed by atoms with Gasteiger partial charge >= 0.3 is 0 Å². The highest BCUT2D eigenvalue weighted by atomic mass is 35.5. The molecule has 0 aliphatic heterocycles. The molecule has 0 unspecified atom stereocenters. The molecule has 0 bridgehead atoms. The second-order valence-corrected chi connectivity index (χ2v) is 13.1. The van der Waals surface area contributed by atoms with Gasteiger partial charge in [0, 0.05) is 22.6 Å². The largest absolute Gasteiger partial charge is 0.507 e. The van der Waals surface area contributed by atoms with Crippen LogP contribution in [0.2, 0.25) is 10.0 Å². The van der Waals surface area contributed by atoms with Crippen molar-refractivity contribution < 1.29 is 19.4 Å². The van der Waals surface area contributed by atoms with Gasteiger partial charge in [0.25, 0.3) is 11.8 Å². The topological polar surface area (TPSA) is 100 Å². The van der Waals surface area contributed by atoms with Crippen molar-refractivity contribution in [1.82, 2.24) is 10.7 Å². The van der Waals surface area contributed by atoms with Gasteiger partial charge in [0.05, 0.1) is 11.2 Å². The summed E-state index contributed by atoms with van der Waals surface area (Å²) in [7, 11) is 0. The summed E-state index contributed by atoms with van der Waals surface area (Å²) in [5, 5.41) is 18.7. The molecule has 0 radical (unpaired) electrons. The molecule has 0 saturated heterocycles. The summed E-state index contributed by atoms with van der Waals surface area (Å²) in [4.78, 5) is 26.4. The molecule has 7 nitrogen and oxygen atoms in total. The number of halogens is 2. The highest BCUT2D eigenvalue weighted by molar-refractivity contribution is 6.35. The lowest BCUT2D eigenvalue weighted by atomic mass is 9.78. The molecule has 0 aliphatic rings. The van der Waals surface area contributed by atoms with Crippen LogP contribution in [0, 0.1) is 0 Å². The molecule has 3 rings (SSSR count). The van der Waals surface area contributed by atoms with Crippen LogP contribution in [-0.4, -0.2) is 35.3 Å². The molecule has 0 heterocycles. The molecule has 3 N–H and O–H groups in total. The van der Waals surface area contributed by atoms with Gasteiger partial charge in [0.2, 0.25) is 0 Å². The Morgan fingerprint density at radius 2 is 1.52 bits per heavy atom. The summed E-state index contributed by atoms with van der Waals surface area (Å²) >= 11 is 12.1. The Morgan fingerprint density at radius 1 is 0.929 bits per heavy atom. The van der Waals surface area contributed by atoms with Crippen LogP contribution >= 0.6 is 23.2 Å². The molecule has 224 valence electrons. The first-order valence-corrected chi connectivity index (χ1v) is 14.5. The predicted molar refractivity (Wildman–Crippen MR) is 170 cm³/mol. The summed E-state index contributed by atoms with van der Waals surface area (Å²) in [6.07, 6.45) is 0.836. The first kappa shape index (κ1) is 33.0. The molecule has 42 heavy (non-hydrogen) atoms. The Morgan fingerprint density at radius 3 is 2.07 bits per heavy atom. The highest BCUT2D eigenvalue weighted by Crippen LogP contribution is 2.39. The molecule has 2 amide bonds. The number of phenolic OH excluding ortho intramolecular Hbond substituents is 1. The Hall–Kier alpha value is -3.55. The fourth-order valence-electron chi connectivity index (χ4n) is 4.29. The number of nitrogens with zero attached hydrogens (tertiary/aromatic N) is 1. The third-order valence-corrected chi connectivity index (χ3v) is 7.15. The van der Waals surface area contributed by atoms with Crippen molar-refractivity contribution in [3.05, 3.63) is 93.0 Å². The van der Waals surface area contributed by atoms with Crippen molar-refractivity contribution >= 4 is 41.2 Å². The van der Waals surface area contributed by atoms with E-state index in [2.05, 4.69) is 15.8 Å². The number of hydrogen-bond acceptors (Lipinski definition) is 5. The molecule has 3 aromatic carbocycles. The van der Waals surface area contributed by atoms with Gasteiger partial charge in [0.1, 0.15) is 17.5 Å². The molecule has 0 saturated carbocycles. The average molecular weight is 613 g/mol.